The van der Waals surface area contributed by atoms with Gasteiger partial charge >= 0.3 is 12.1 Å². The van der Waals surface area contributed by atoms with Crippen LogP contribution < -0.4 is 10.2 Å². The van der Waals surface area contributed by atoms with Crippen molar-refractivity contribution in [2.24, 2.45) is 5.92 Å². The Hall–Kier alpha value is -4.57. The van der Waals surface area contributed by atoms with Gasteiger partial charge in [0.05, 0.1) is 23.7 Å². The van der Waals surface area contributed by atoms with E-state index in [-0.39, 0.29) is 49.9 Å². The molecule has 2 amide bonds. The Morgan fingerprint density at radius 3 is 2.15 bits per heavy atom. The van der Waals surface area contributed by atoms with E-state index in [1.807, 2.05) is 36.4 Å². The highest BCUT2D eigenvalue weighted by Crippen LogP contribution is 2.42. The summed E-state index contributed by atoms with van der Waals surface area (Å²) in [5.41, 5.74) is 4.21. The van der Waals surface area contributed by atoms with Gasteiger partial charge < -0.3 is 29.7 Å². The molecule has 3 aromatic rings. The van der Waals surface area contributed by atoms with Crippen molar-refractivity contribution in [3.8, 4) is 0 Å². The van der Waals surface area contributed by atoms with E-state index in [0.29, 0.717) is 23.4 Å². The van der Waals surface area contributed by atoms with Crippen molar-refractivity contribution in [3.63, 3.8) is 0 Å². The van der Waals surface area contributed by atoms with Gasteiger partial charge in [0.1, 0.15) is 6.04 Å². The van der Waals surface area contributed by atoms with Crippen LogP contribution in [0.25, 0.3) is 0 Å². The predicted molar refractivity (Wildman–Crippen MR) is 184 cm³/mol. The first-order valence-corrected chi connectivity index (χ1v) is 17.4. The van der Waals surface area contributed by atoms with Gasteiger partial charge in [0.2, 0.25) is 5.91 Å². The molecule has 3 aliphatic heterocycles. The van der Waals surface area contributed by atoms with E-state index in [1.165, 1.54) is 12.1 Å². The molecular formula is C37H42F3N5O7. The lowest BCUT2D eigenvalue weighted by Crippen LogP contribution is -2.51. The van der Waals surface area contributed by atoms with Crippen molar-refractivity contribution in [2.45, 2.75) is 63.6 Å². The fourth-order valence-corrected chi connectivity index (χ4v) is 7.10. The zero-order chi connectivity index (χ0) is 37.0. The zero-order valence-corrected chi connectivity index (χ0v) is 28.7. The van der Waals surface area contributed by atoms with Crippen molar-refractivity contribution < 1.29 is 42.3 Å². The average molecular weight is 726 g/mol. The Balaban J connectivity index is 1.11. The van der Waals surface area contributed by atoms with Gasteiger partial charge in [-0.15, -0.1) is 0 Å². The number of benzene rings is 3. The summed E-state index contributed by atoms with van der Waals surface area (Å²) in [7, 11) is 0. The summed E-state index contributed by atoms with van der Waals surface area (Å²) in [6.45, 7) is 5.68. The number of hydrogen-bond donors (Lipinski definition) is 2. The zero-order valence-electron chi connectivity index (χ0n) is 28.7. The number of nitrogens with zero attached hydrogens (tertiary/aromatic N) is 4. The van der Waals surface area contributed by atoms with Crippen LogP contribution in [0.4, 0.5) is 24.5 Å². The fraction of sp³-hybridized carbons (Fsp3) is 0.459. The molecule has 278 valence electrons. The number of ether oxygens (including phenoxy) is 2. The Morgan fingerprint density at radius 2 is 1.54 bits per heavy atom. The molecule has 52 heavy (non-hydrogen) atoms. The third-order valence-electron chi connectivity index (χ3n) is 10.1. The minimum absolute atomic E-state index is 0.0298. The first kappa shape index (κ1) is 37.2. The highest BCUT2D eigenvalue weighted by Gasteiger charge is 2.47. The summed E-state index contributed by atoms with van der Waals surface area (Å²) in [5.74, 6) is -2.65. The standard InChI is InChI=1S/C37H42F3N5O7/c1-24-32(22-42-17-19-43(20-18-42)29-12-14-30(15-13-29)45(49)50)51-35(52-33(24)27-8-6-26(23-46)7-9-27)28-10-4-25(5-11-28)21-41-34(47)31-3-2-16-44(31)36(48)37(38,39)40/h4-15,24,31-33,35,46H,2-3,16-23H2,1H3,(H,41,47)/t24-,31+,32+,33+,35+/m1/s1. The summed E-state index contributed by atoms with van der Waals surface area (Å²) < 4.78 is 52.3. The van der Waals surface area contributed by atoms with Crippen molar-refractivity contribution in [1.29, 1.82) is 0 Å². The lowest BCUT2D eigenvalue weighted by Gasteiger charge is -2.44. The van der Waals surface area contributed by atoms with Crippen LogP contribution in [0.2, 0.25) is 0 Å². The summed E-state index contributed by atoms with van der Waals surface area (Å²) in [5, 5.41) is 23.3. The van der Waals surface area contributed by atoms with E-state index in [4.69, 9.17) is 9.47 Å². The molecule has 0 radical (unpaired) electrons. The molecule has 6 rings (SSSR count). The van der Waals surface area contributed by atoms with E-state index in [2.05, 4.69) is 22.0 Å². The van der Waals surface area contributed by atoms with Gasteiger partial charge in [0.15, 0.2) is 6.29 Å². The Labute approximate surface area is 299 Å². The summed E-state index contributed by atoms with van der Waals surface area (Å²) in [6.07, 6.45) is -5.78. The quantitative estimate of drug-likeness (QED) is 0.222. The molecule has 0 spiro atoms. The molecule has 0 bridgehead atoms. The molecule has 0 aliphatic carbocycles. The van der Waals surface area contributed by atoms with Crippen molar-refractivity contribution >= 4 is 23.2 Å². The molecule has 0 unspecified atom stereocenters. The summed E-state index contributed by atoms with van der Waals surface area (Å²) in [6, 6.07) is 20.3. The lowest BCUT2D eigenvalue weighted by molar-refractivity contribution is -0.384. The number of piperazine rings is 1. The number of halogens is 3. The van der Waals surface area contributed by atoms with E-state index in [9.17, 15) is 38.0 Å². The maximum atomic E-state index is 13.0. The molecule has 12 nitrogen and oxygen atoms in total. The molecule has 3 heterocycles. The SMILES string of the molecule is C[C@@H]1[C@H](CN2CCN(c3ccc([N+](=O)[O-])cc3)CC2)O[C@H](c2ccc(CNC(=O)[C@@H]3CCCN3C(=O)C(F)(F)F)cc2)O[C@@H]1c1ccc(CO)cc1. The number of non-ortho nitro benzene ring substituents is 1. The number of rotatable bonds is 10. The largest absolute Gasteiger partial charge is 0.471 e. The number of aliphatic hydroxyl groups is 1. The van der Waals surface area contributed by atoms with Gasteiger partial charge in [-0.05, 0) is 41.7 Å². The minimum atomic E-state index is -5.03. The normalized spacial score (nSPS) is 24.1. The van der Waals surface area contributed by atoms with E-state index in [0.717, 1.165) is 48.6 Å². The van der Waals surface area contributed by atoms with Gasteiger partial charge in [-0.25, -0.2) is 0 Å². The number of alkyl halides is 3. The summed E-state index contributed by atoms with van der Waals surface area (Å²) >= 11 is 0. The van der Waals surface area contributed by atoms with Gasteiger partial charge in [-0.3, -0.25) is 24.6 Å². The number of likely N-dealkylation sites (tertiary alicyclic amines) is 1. The monoisotopic (exact) mass is 725 g/mol. The first-order valence-electron chi connectivity index (χ1n) is 17.4. The number of amides is 2. The minimum Gasteiger partial charge on any atom is -0.392 e. The van der Waals surface area contributed by atoms with Crippen molar-refractivity contribution in [3.05, 3.63) is 105 Å². The summed E-state index contributed by atoms with van der Waals surface area (Å²) in [4.78, 5) is 40.4. The molecule has 2 N–H and O–H groups in total. The number of carbonyl (C=O) groups is 2. The van der Waals surface area contributed by atoms with E-state index < -0.39 is 35.2 Å². The van der Waals surface area contributed by atoms with Crippen LogP contribution >= 0.6 is 0 Å². The average Bonchev–Trinajstić information content (AvgIpc) is 3.65. The maximum Gasteiger partial charge on any atom is 0.471 e. The maximum absolute atomic E-state index is 13.0. The van der Waals surface area contributed by atoms with Crippen molar-refractivity contribution in [2.75, 3.05) is 44.2 Å². The van der Waals surface area contributed by atoms with Gasteiger partial charge in [0.25, 0.3) is 5.69 Å². The molecule has 15 heteroatoms. The molecule has 3 saturated heterocycles. The van der Waals surface area contributed by atoms with Crippen LogP contribution in [-0.2, 0) is 32.2 Å². The number of carbonyl (C=O) groups excluding carboxylic acids is 2. The Kier molecular flexibility index (Phi) is 11.4. The third kappa shape index (κ3) is 8.55. The van der Waals surface area contributed by atoms with Crippen LogP contribution in [0.5, 0.6) is 0 Å². The topological polar surface area (TPSA) is 138 Å². The van der Waals surface area contributed by atoms with Crippen LogP contribution in [-0.4, -0.2) is 89.2 Å². The molecule has 0 aromatic heterocycles. The number of anilines is 1. The number of nitro benzene ring substituents is 1. The number of aliphatic hydroxyl groups excluding tert-OH is 1. The highest BCUT2D eigenvalue weighted by atomic mass is 19.4. The van der Waals surface area contributed by atoms with Gasteiger partial charge in [0, 0.05) is 75.1 Å². The first-order chi connectivity index (χ1) is 24.9. The van der Waals surface area contributed by atoms with Crippen LogP contribution in [0.1, 0.15) is 54.4 Å². The van der Waals surface area contributed by atoms with Crippen LogP contribution in [0, 0.1) is 16.0 Å². The lowest BCUT2D eigenvalue weighted by atomic mass is 9.90. The molecule has 0 saturated carbocycles. The van der Waals surface area contributed by atoms with E-state index >= 15 is 0 Å². The number of nitro groups is 1. The Bertz CT molecular complexity index is 1700. The molecule has 3 aromatic carbocycles. The molecular weight excluding hydrogens is 683 g/mol. The third-order valence-corrected chi connectivity index (χ3v) is 10.1. The van der Waals surface area contributed by atoms with E-state index in [1.54, 1.807) is 24.3 Å². The smallest absolute Gasteiger partial charge is 0.392 e. The molecule has 3 aliphatic rings. The van der Waals surface area contributed by atoms with Crippen LogP contribution in [0.15, 0.2) is 72.8 Å². The van der Waals surface area contributed by atoms with Gasteiger partial charge in [-0.1, -0.05) is 55.5 Å². The number of nitrogens with one attached hydrogen (secondary N) is 1. The number of hydrogen-bond acceptors (Lipinski definition) is 9. The second-order valence-corrected chi connectivity index (χ2v) is 13.5. The predicted octanol–water partition coefficient (Wildman–Crippen LogP) is 4.87. The van der Waals surface area contributed by atoms with Crippen molar-refractivity contribution in [1.82, 2.24) is 15.1 Å². The molecule has 3 fully saturated rings. The Morgan fingerprint density at radius 1 is 0.904 bits per heavy atom. The fourth-order valence-electron chi connectivity index (χ4n) is 7.10. The second-order valence-electron chi connectivity index (χ2n) is 13.5. The second kappa shape index (κ2) is 16.0. The highest BCUT2D eigenvalue weighted by molar-refractivity contribution is 5.90. The van der Waals surface area contributed by atoms with Gasteiger partial charge in [-0.2, -0.15) is 13.2 Å². The molecule has 5 atom stereocenters. The van der Waals surface area contributed by atoms with Crippen LogP contribution in [0.3, 0.4) is 0 Å².